The Hall–Kier alpha value is -2.37. The van der Waals surface area contributed by atoms with Gasteiger partial charge in [0.15, 0.2) is 0 Å². The summed E-state index contributed by atoms with van der Waals surface area (Å²) >= 11 is 6.25. The molecule has 0 bridgehead atoms. The first kappa shape index (κ1) is 26.2. The third kappa shape index (κ3) is 6.74. The second kappa shape index (κ2) is 12.9. The molecule has 6 heteroatoms. The van der Waals surface area contributed by atoms with Gasteiger partial charge in [0, 0.05) is 46.1 Å². The van der Waals surface area contributed by atoms with E-state index in [0.29, 0.717) is 6.04 Å². The van der Waals surface area contributed by atoms with Crippen LogP contribution in [0.3, 0.4) is 0 Å². The number of hydrogen-bond acceptors (Lipinski definition) is 4. The van der Waals surface area contributed by atoms with Gasteiger partial charge in [0.1, 0.15) is 0 Å². The summed E-state index contributed by atoms with van der Waals surface area (Å²) in [5.74, 6) is 0. The van der Waals surface area contributed by atoms with Crippen LogP contribution in [0, 0.1) is 0 Å². The number of nitrogens with zero attached hydrogens (tertiary/aromatic N) is 1. The molecule has 0 saturated heterocycles. The molecule has 0 fully saturated rings. The topological polar surface area (TPSA) is 69.8 Å². The van der Waals surface area contributed by atoms with E-state index >= 15 is 0 Å². The van der Waals surface area contributed by atoms with Gasteiger partial charge in [-0.15, -0.1) is 0 Å². The molecule has 0 radical (unpaired) electrons. The molecule has 37 heavy (non-hydrogen) atoms. The molecule has 0 spiro atoms. The molecule has 0 saturated carbocycles. The summed E-state index contributed by atoms with van der Waals surface area (Å²) in [5, 5.41) is 9.48. The largest absolute Gasteiger partial charge is 0.384 e. The Bertz CT molecular complexity index is 1250. The fraction of sp³-hybridized carbons (Fsp3) is 0.548. The predicted molar refractivity (Wildman–Crippen MR) is 155 cm³/mol. The van der Waals surface area contributed by atoms with Crippen LogP contribution in [0.2, 0.25) is 5.02 Å². The molecule has 3 N–H and O–H groups in total. The van der Waals surface area contributed by atoms with Crippen molar-refractivity contribution < 1.29 is 0 Å². The van der Waals surface area contributed by atoms with E-state index in [0.717, 1.165) is 55.0 Å². The lowest BCUT2D eigenvalue weighted by Gasteiger charge is -2.26. The number of rotatable bonds is 12. The number of nitrogens with one attached hydrogen (secondary N) is 3. The average molecular weight is 521 g/mol. The van der Waals surface area contributed by atoms with Crippen molar-refractivity contribution in [1.82, 2.24) is 15.3 Å². The van der Waals surface area contributed by atoms with E-state index in [1.807, 2.05) is 18.2 Å². The molecule has 5 nitrogen and oxygen atoms in total. The summed E-state index contributed by atoms with van der Waals surface area (Å²) in [5.41, 5.74) is 7.46. The number of unbranched alkanes of at least 4 members (excludes halogenated alkanes) is 6. The van der Waals surface area contributed by atoms with Crippen LogP contribution < -0.4 is 16.2 Å². The lowest BCUT2D eigenvalue weighted by Crippen LogP contribution is -2.28. The normalized spacial score (nSPS) is 16.9. The molecule has 0 unspecified atom stereocenters. The van der Waals surface area contributed by atoms with Crippen LogP contribution in [0.1, 0.15) is 99.2 Å². The van der Waals surface area contributed by atoms with Gasteiger partial charge in [0.25, 0.3) is 0 Å². The Morgan fingerprint density at radius 2 is 1.68 bits per heavy atom. The second-order valence-corrected chi connectivity index (χ2v) is 11.3. The van der Waals surface area contributed by atoms with Crippen LogP contribution in [-0.4, -0.2) is 23.1 Å². The van der Waals surface area contributed by atoms with Crippen LogP contribution in [0.15, 0.2) is 35.1 Å². The SMILES string of the molecule is O=c1ccc2c([nH]1)CCC[C@H]2NCCCCCCCCCNc1c2c(nc3cc(Cl)ccc13)CCCC2. The third-order valence-corrected chi connectivity index (χ3v) is 8.34. The highest BCUT2D eigenvalue weighted by atomic mass is 35.5. The average Bonchev–Trinajstić information content (AvgIpc) is 2.90. The molecule has 1 aromatic carbocycles. The van der Waals surface area contributed by atoms with Gasteiger partial charge in [-0.25, -0.2) is 0 Å². The number of H-pyrrole nitrogens is 1. The number of pyridine rings is 2. The van der Waals surface area contributed by atoms with Gasteiger partial charge in [-0.2, -0.15) is 0 Å². The second-order valence-electron chi connectivity index (χ2n) is 10.8. The van der Waals surface area contributed by atoms with Gasteiger partial charge < -0.3 is 15.6 Å². The molecule has 198 valence electrons. The fourth-order valence-corrected chi connectivity index (χ4v) is 6.30. The Kier molecular flexibility index (Phi) is 9.17. The van der Waals surface area contributed by atoms with Crippen molar-refractivity contribution in [1.29, 1.82) is 0 Å². The van der Waals surface area contributed by atoms with Crippen molar-refractivity contribution in [3.05, 3.63) is 68.2 Å². The van der Waals surface area contributed by atoms with Crippen molar-refractivity contribution in [2.75, 3.05) is 18.4 Å². The van der Waals surface area contributed by atoms with Crippen LogP contribution in [-0.2, 0) is 19.3 Å². The third-order valence-electron chi connectivity index (χ3n) is 8.10. The molecule has 5 rings (SSSR count). The number of aromatic nitrogens is 2. The van der Waals surface area contributed by atoms with E-state index in [-0.39, 0.29) is 5.56 Å². The van der Waals surface area contributed by atoms with E-state index < -0.39 is 0 Å². The zero-order valence-electron chi connectivity index (χ0n) is 22.0. The maximum absolute atomic E-state index is 11.6. The van der Waals surface area contributed by atoms with Crippen molar-refractivity contribution in [2.24, 2.45) is 0 Å². The predicted octanol–water partition coefficient (Wildman–Crippen LogP) is 7.27. The van der Waals surface area contributed by atoms with Crippen LogP contribution >= 0.6 is 11.6 Å². The Labute approximate surface area is 225 Å². The van der Waals surface area contributed by atoms with Gasteiger partial charge in [-0.1, -0.05) is 49.8 Å². The van der Waals surface area contributed by atoms with Crippen molar-refractivity contribution in [2.45, 2.75) is 95.9 Å². The molecule has 2 heterocycles. The first-order valence-electron chi connectivity index (χ1n) is 14.5. The molecular formula is C31H41ClN4O. The van der Waals surface area contributed by atoms with E-state index in [1.54, 1.807) is 6.07 Å². The zero-order chi connectivity index (χ0) is 25.5. The number of anilines is 1. The minimum absolute atomic E-state index is 0.0188. The lowest BCUT2D eigenvalue weighted by molar-refractivity contribution is 0.443. The Morgan fingerprint density at radius 3 is 2.54 bits per heavy atom. The first-order chi connectivity index (χ1) is 18.2. The number of halogens is 1. The van der Waals surface area contributed by atoms with E-state index in [9.17, 15) is 4.79 Å². The molecular weight excluding hydrogens is 480 g/mol. The van der Waals surface area contributed by atoms with Gasteiger partial charge in [0.2, 0.25) is 5.56 Å². The monoisotopic (exact) mass is 520 g/mol. The maximum Gasteiger partial charge on any atom is 0.248 e. The number of fused-ring (bicyclic) bond motifs is 3. The van der Waals surface area contributed by atoms with Crippen LogP contribution in [0.25, 0.3) is 10.9 Å². The zero-order valence-corrected chi connectivity index (χ0v) is 22.8. The summed E-state index contributed by atoms with van der Waals surface area (Å²) < 4.78 is 0. The molecule has 3 aromatic rings. The minimum Gasteiger partial charge on any atom is -0.384 e. The van der Waals surface area contributed by atoms with Gasteiger partial charge in [-0.3, -0.25) is 9.78 Å². The highest BCUT2D eigenvalue weighted by molar-refractivity contribution is 6.31. The molecule has 2 aromatic heterocycles. The van der Waals surface area contributed by atoms with Gasteiger partial charge in [-0.05, 0) is 93.7 Å². The lowest BCUT2D eigenvalue weighted by atomic mass is 9.91. The Balaban J connectivity index is 0.978. The summed E-state index contributed by atoms with van der Waals surface area (Å²) in [6.07, 6.45) is 16.9. The molecule has 0 amide bonds. The summed E-state index contributed by atoms with van der Waals surface area (Å²) in [6, 6.07) is 10.2. The highest BCUT2D eigenvalue weighted by Crippen LogP contribution is 2.34. The maximum atomic E-state index is 11.6. The summed E-state index contributed by atoms with van der Waals surface area (Å²) in [7, 11) is 0. The van der Waals surface area contributed by atoms with Crippen molar-refractivity contribution >= 4 is 28.2 Å². The summed E-state index contributed by atoms with van der Waals surface area (Å²) in [6.45, 7) is 2.08. The Morgan fingerprint density at radius 1 is 0.892 bits per heavy atom. The number of hydrogen-bond donors (Lipinski definition) is 3. The smallest absolute Gasteiger partial charge is 0.248 e. The van der Waals surface area contributed by atoms with Gasteiger partial charge in [0.05, 0.1) is 5.52 Å². The van der Waals surface area contributed by atoms with E-state index in [4.69, 9.17) is 16.6 Å². The number of aryl methyl sites for hydroxylation is 2. The molecule has 1 atom stereocenters. The van der Waals surface area contributed by atoms with E-state index in [1.165, 1.54) is 92.1 Å². The highest BCUT2D eigenvalue weighted by Gasteiger charge is 2.20. The fourth-order valence-electron chi connectivity index (χ4n) is 6.14. The summed E-state index contributed by atoms with van der Waals surface area (Å²) in [4.78, 5) is 19.5. The van der Waals surface area contributed by atoms with Crippen LogP contribution in [0.4, 0.5) is 5.69 Å². The van der Waals surface area contributed by atoms with E-state index in [2.05, 4.69) is 21.7 Å². The first-order valence-corrected chi connectivity index (χ1v) is 14.9. The standard InChI is InChI=1S/C31H41ClN4O/c32-22-15-16-25-29(21-22)35-28-12-7-6-11-24(28)31(25)34-20-9-5-3-1-2-4-8-19-33-26-13-10-14-27-23(26)17-18-30(37)36-27/h15-18,21,26,33H,1-14,19-20H2,(H,34,35)(H,36,37)/t26-/m1/s1. The molecule has 0 aliphatic heterocycles. The quantitative estimate of drug-likeness (QED) is 0.220. The van der Waals surface area contributed by atoms with Crippen molar-refractivity contribution in [3.63, 3.8) is 0 Å². The molecule has 2 aliphatic rings. The number of aromatic amines is 1. The van der Waals surface area contributed by atoms with Gasteiger partial charge >= 0.3 is 0 Å². The molecule has 2 aliphatic carbocycles. The van der Waals surface area contributed by atoms with Crippen molar-refractivity contribution in [3.8, 4) is 0 Å². The number of benzene rings is 1. The minimum atomic E-state index is 0.0188. The van der Waals surface area contributed by atoms with Crippen LogP contribution in [0.5, 0.6) is 0 Å².